The molecule has 1 unspecified atom stereocenters. The van der Waals surface area contributed by atoms with Crippen molar-refractivity contribution in [3.8, 4) is 0 Å². The second kappa shape index (κ2) is 3.58. The molecule has 0 saturated carbocycles. The molecule has 12 heavy (non-hydrogen) atoms. The van der Waals surface area contributed by atoms with Crippen LogP contribution in [0.5, 0.6) is 0 Å². The molecule has 0 aromatic rings. The summed E-state index contributed by atoms with van der Waals surface area (Å²) in [7, 11) is 0. The maximum Gasteiger partial charge on any atom is 0.0848 e. The van der Waals surface area contributed by atoms with Gasteiger partial charge in [-0.15, -0.1) is 0 Å². The highest BCUT2D eigenvalue weighted by Crippen LogP contribution is 2.30. The zero-order chi connectivity index (χ0) is 9.19. The van der Waals surface area contributed by atoms with Gasteiger partial charge in [0, 0.05) is 13.1 Å². The standard InChI is InChI=1S/C10H19NO/c1-4-10(2,3)8-5-9(12)7-11-6-8/h5,9,11-12H,4,6-7H2,1-3H3. The monoisotopic (exact) mass is 169 g/mol. The predicted molar refractivity (Wildman–Crippen MR) is 51.0 cm³/mol. The Balaban J connectivity index is 2.73. The first-order valence-electron chi connectivity index (χ1n) is 4.66. The fourth-order valence-corrected chi connectivity index (χ4v) is 1.40. The van der Waals surface area contributed by atoms with Crippen molar-refractivity contribution in [1.82, 2.24) is 5.32 Å². The largest absolute Gasteiger partial charge is 0.388 e. The molecule has 0 amide bonds. The van der Waals surface area contributed by atoms with Gasteiger partial charge in [0.2, 0.25) is 0 Å². The molecule has 1 heterocycles. The molecule has 1 aliphatic heterocycles. The average Bonchev–Trinajstić information content (AvgIpc) is 2.05. The van der Waals surface area contributed by atoms with Gasteiger partial charge in [0.25, 0.3) is 0 Å². The molecule has 0 fully saturated rings. The average molecular weight is 169 g/mol. The van der Waals surface area contributed by atoms with Gasteiger partial charge in [0.1, 0.15) is 0 Å². The van der Waals surface area contributed by atoms with Crippen LogP contribution in [0.3, 0.4) is 0 Å². The van der Waals surface area contributed by atoms with Gasteiger partial charge in [-0.25, -0.2) is 0 Å². The van der Waals surface area contributed by atoms with Crippen LogP contribution in [0.25, 0.3) is 0 Å². The van der Waals surface area contributed by atoms with Crippen molar-refractivity contribution >= 4 is 0 Å². The lowest BCUT2D eigenvalue weighted by molar-refractivity contribution is 0.206. The first-order chi connectivity index (χ1) is 5.56. The molecule has 0 radical (unpaired) electrons. The Kier molecular flexibility index (Phi) is 2.91. The molecule has 0 bridgehead atoms. The molecule has 1 rings (SSSR count). The first-order valence-corrected chi connectivity index (χ1v) is 4.66. The van der Waals surface area contributed by atoms with E-state index >= 15 is 0 Å². The minimum Gasteiger partial charge on any atom is -0.388 e. The summed E-state index contributed by atoms with van der Waals surface area (Å²) in [4.78, 5) is 0. The van der Waals surface area contributed by atoms with Crippen LogP contribution >= 0.6 is 0 Å². The summed E-state index contributed by atoms with van der Waals surface area (Å²) in [6.07, 6.45) is 2.83. The molecule has 2 nitrogen and oxygen atoms in total. The highest BCUT2D eigenvalue weighted by molar-refractivity contribution is 5.18. The van der Waals surface area contributed by atoms with Gasteiger partial charge in [-0.3, -0.25) is 0 Å². The van der Waals surface area contributed by atoms with E-state index in [9.17, 15) is 5.11 Å². The summed E-state index contributed by atoms with van der Waals surface area (Å²) >= 11 is 0. The van der Waals surface area contributed by atoms with Crippen molar-refractivity contribution in [3.63, 3.8) is 0 Å². The summed E-state index contributed by atoms with van der Waals surface area (Å²) in [6, 6.07) is 0. The van der Waals surface area contributed by atoms with Gasteiger partial charge in [-0.1, -0.05) is 32.4 Å². The van der Waals surface area contributed by atoms with Crippen molar-refractivity contribution < 1.29 is 5.11 Å². The fraction of sp³-hybridized carbons (Fsp3) is 0.800. The summed E-state index contributed by atoms with van der Waals surface area (Å²) in [6.45, 7) is 8.25. The molecule has 70 valence electrons. The van der Waals surface area contributed by atoms with E-state index in [1.165, 1.54) is 5.57 Å². The van der Waals surface area contributed by atoms with Gasteiger partial charge >= 0.3 is 0 Å². The number of aliphatic hydroxyl groups is 1. The third-order valence-corrected chi connectivity index (χ3v) is 2.82. The molecular weight excluding hydrogens is 150 g/mol. The van der Waals surface area contributed by atoms with Crippen LogP contribution in [-0.2, 0) is 0 Å². The van der Waals surface area contributed by atoms with Gasteiger partial charge in [0.15, 0.2) is 0 Å². The molecular formula is C10H19NO. The van der Waals surface area contributed by atoms with Crippen LogP contribution in [0.4, 0.5) is 0 Å². The van der Waals surface area contributed by atoms with E-state index in [0.717, 1.165) is 13.0 Å². The van der Waals surface area contributed by atoms with E-state index in [1.807, 2.05) is 6.08 Å². The highest BCUT2D eigenvalue weighted by Gasteiger charge is 2.23. The molecule has 2 heteroatoms. The van der Waals surface area contributed by atoms with E-state index in [2.05, 4.69) is 26.1 Å². The SMILES string of the molecule is CCC(C)(C)C1=CC(O)CNC1. The van der Waals surface area contributed by atoms with Crippen molar-refractivity contribution in [2.75, 3.05) is 13.1 Å². The lowest BCUT2D eigenvalue weighted by atomic mass is 9.80. The van der Waals surface area contributed by atoms with Crippen LogP contribution in [0, 0.1) is 5.41 Å². The maximum atomic E-state index is 9.40. The number of hydrogen-bond acceptors (Lipinski definition) is 2. The summed E-state index contributed by atoms with van der Waals surface area (Å²) < 4.78 is 0. The van der Waals surface area contributed by atoms with E-state index in [0.29, 0.717) is 6.54 Å². The molecule has 1 atom stereocenters. The minimum absolute atomic E-state index is 0.231. The highest BCUT2D eigenvalue weighted by atomic mass is 16.3. The molecule has 0 saturated heterocycles. The molecule has 0 spiro atoms. The lowest BCUT2D eigenvalue weighted by Crippen LogP contribution is -2.36. The Bertz CT molecular complexity index is 184. The van der Waals surface area contributed by atoms with Gasteiger partial charge in [-0.2, -0.15) is 0 Å². The Labute approximate surface area is 74.7 Å². The quantitative estimate of drug-likeness (QED) is 0.611. The third kappa shape index (κ3) is 2.08. The second-order valence-electron chi connectivity index (χ2n) is 4.13. The molecule has 0 aliphatic carbocycles. The molecule has 1 aliphatic rings. The van der Waals surface area contributed by atoms with Gasteiger partial charge < -0.3 is 10.4 Å². The molecule has 0 aromatic heterocycles. The number of aliphatic hydroxyl groups excluding tert-OH is 1. The van der Waals surface area contributed by atoms with E-state index in [4.69, 9.17) is 0 Å². The van der Waals surface area contributed by atoms with Crippen molar-refractivity contribution in [2.24, 2.45) is 5.41 Å². The first kappa shape index (κ1) is 9.75. The Morgan fingerprint density at radius 1 is 1.67 bits per heavy atom. The Morgan fingerprint density at radius 2 is 2.33 bits per heavy atom. The second-order valence-corrected chi connectivity index (χ2v) is 4.13. The summed E-state index contributed by atoms with van der Waals surface area (Å²) in [5.41, 5.74) is 1.57. The van der Waals surface area contributed by atoms with Crippen molar-refractivity contribution in [2.45, 2.75) is 33.3 Å². The normalized spacial score (nSPS) is 25.3. The van der Waals surface area contributed by atoms with Crippen molar-refractivity contribution in [3.05, 3.63) is 11.6 Å². The Morgan fingerprint density at radius 3 is 2.83 bits per heavy atom. The maximum absolute atomic E-state index is 9.40. The van der Waals surface area contributed by atoms with Crippen LogP contribution in [0.2, 0.25) is 0 Å². The summed E-state index contributed by atoms with van der Waals surface area (Å²) in [5, 5.41) is 12.6. The minimum atomic E-state index is -0.292. The predicted octanol–water partition coefficient (Wildman–Crippen LogP) is 1.31. The van der Waals surface area contributed by atoms with E-state index < -0.39 is 0 Å². The summed E-state index contributed by atoms with van der Waals surface area (Å²) in [5.74, 6) is 0. The fourth-order valence-electron chi connectivity index (χ4n) is 1.40. The number of β-amino-alcohol motifs (C(OH)–C–C–N with tert-alkyl or cyclic N) is 1. The van der Waals surface area contributed by atoms with E-state index in [-0.39, 0.29) is 11.5 Å². The van der Waals surface area contributed by atoms with Gasteiger partial charge in [-0.05, 0) is 11.8 Å². The van der Waals surface area contributed by atoms with Crippen LogP contribution in [0.15, 0.2) is 11.6 Å². The zero-order valence-corrected chi connectivity index (χ0v) is 8.22. The van der Waals surface area contributed by atoms with Crippen LogP contribution in [-0.4, -0.2) is 24.3 Å². The van der Waals surface area contributed by atoms with Crippen molar-refractivity contribution in [1.29, 1.82) is 0 Å². The van der Waals surface area contributed by atoms with Crippen LogP contribution in [0.1, 0.15) is 27.2 Å². The zero-order valence-electron chi connectivity index (χ0n) is 8.22. The smallest absolute Gasteiger partial charge is 0.0848 e. The lowest BCUT2D eigenvalue weighted by Gasteiger charge is -2.31. The van der Waals surface area contributed by atoms with Crippen LogP contribution < -0.4 is 5.32 Å². The number of nitrogens with one attached hydrogen (secondary N) is 1. The molecule has 2 N–H and O–H groups in total. The number of hydrogen-bond donors (Lipinski definition) is 2. The van der Waals surface area contributed by atoms with Gasteiger partial charge in [0.05, 0.1) is 6.10 Å². The molecule has 0 aromatic carbocycles. The Hall–Kier alpha value is -0.340. The third-order valence-electron chi connectivity index (χ3n) is 2.82. The topological polar surface area (TPSA) is 32.3 Å². The van der Waals surface area contributed by atoms with E-state index in [1.54, 1.807) is 0 Å². The number of rotatable bonds is 2.